The van der Waals surface area contributed by atoms with E-state index >= 15 is 0 Å². The van der Waals surface area contributed by atoms with E-state index in [0.29, 0.717) is 17.7 Å². The molecule has 1 heterocycles. The van der Waals surface area contributed by atoms with E-state index in [-0.39, 0.29) is 0 Å². The highest BCUT2D eigenvalue weighted by atomic mass is 16.5. The van der Waals surface area contributed by atoms with E-state index in [4.69, 9.17) is 4.52 Å². The van der Waals surface area contributed by atoms with Gasteiger partial charge in [0.05, 0.1) is 0 Å². The lowest BCUT2D eigenvalue weighted by molar-refractivity contribution is 0.377. The first kappa shape index (κ1) is 8.31. The average molecular weight is 176 g/mol. The second kappa shape index (κ2) is 3.21. The first-order valence-corrected chi connectivity index (χ1v) is 4.61. The van der Waals surface area contributed by atoms with Gasteiger partial charge in [-0.05, 0) is 23.9 Å². The van der Waals surface area contributed by atoms with Gasteiger partial charge in [-0.2, -0.15) is 4.98 Å². The Kier molecular flexibility index (Phi) is 2.05. The molecule has 1 aromatic rings. The second-order valence-electron chi connectivity index (χ2n) is 3.65. The van der Waals surface area contributed by atoms with Crippen LogP contribution in [-0.4, -0.2) is 10.1 Å². The zero-order valence-corrected chi connectivity index (χ0v) is 7.87. The van der Waals surface area contributed by atoms with E-state index in [1.165, 1.54) is 12.8 Å². The standard InChI is InChI=1S/C10H12N2O/c1-7(2)3-6-9-11-10(13-12-9)8-4-5-8/h7-8H,4-5H2,1-2H3. The minimum Gasteiger partial charge on any atom is -0.338 e. The normalized spacial score (nSPS) is 15.6. The third-order valence-corrected chi connectivity index (χ3v) is 1.84. The first-order valence-electron chi connectivity index (χ1n) is 4.61. The molecule has 0 bridgehead atoms. The van der Waals surface area contributed by atoms with Gasteiger partial charge in [-0.25, -0.2) is 0 Å². The molecule has 1 saturated carbocycles. The fraction of sp³-hybridized carbons (Fsp3) is 0.600. The van der Waals surface area contributed by atoms with Crippen LogP contribution in [0.3, 0.4) is 0 Å². The van der Waals surface area contributed by atoms with Crippen LogP contribution >= 0.6 is 0 Å². The molecule has 1 aromatic heterocycles. The molecule has 0 saturated heterocycles. The van der Waals surface area contributed by atoms with E-state index in [1.54, 1.807) is 0 Å². The summed E-state index contributed by atoms with van der Waals surface area (Å²) in [4.78, 5) is 4.19. The van der Waals surface area contributed by atoms with Gasteiger partial charge in [0.2, 0.25) is 11.7 Å². The smallest absolute Gasteiger partial charge is 0.246 e. The maximum absolute atomic E-state index is 5.06. The molecule has 0 atom stereocenters. The Bertz CT molecular complexity index is 352. The van der Waals surface area contributed by atoms with E-state index < -0.39 is 0 Å². The van der Waals surface area contributed by atoms with Gasteiger partial charge >= 0.3 is 0 Å². The van der Waals surface area contributed by atoms with Crippen LogP contribution in [0.1, 0.15) is 44.3 Å². The van der Waals surface area contributed by atoms with E-state index in [0.717, 1.165) is 5.89 Å². The Morgan fingerprint density at radius 1 is 1.46 bits per heavy atom. The average Bonchev–Trinajstić information content (AvgIpc) is 2.83. The van der Waals surface area contributed by atoms with Crippen LogP contribution in [0.4, 0.5) is 0 Å². The predicted molar refractivity (Wildman–Crippen MR) is 48.0 cm³/mol. The summed E-state index contributed by atoms with van der Waals surface area (Å²) in [7, 11) is 0. The molecule has 1 fully saturated rings. The van der Waals surface area contributed by atoms with Crippen molar-refractivity contribution < 1.29 is 4.52 Å². The second-order valence-corrected chi connectivity index (χ2v) is 3.65. The minimum absolute atomic E-state index is 0.350. The van der Waals surface area contributed by atoms with Gasteiger partial charge in [-0.3, -0.25) is 0 Å². The highest BCUT2D eigenvalue weighted by molar-refractivity contribution is 5.20. The summed E-state index contributed by atoms with van der Waals surface area (Å²) < 4.78 is 5.06. The molecule has 0 aromatic carbocycles. The van der Waals surface area contributed by atoms with Crippen LogP contribution in [-0.2, 0) is 0 Å². The Morgan fingerprint density at radius 2 is 2.23 bits per heavy atom. The van der Waals surface area contributed by atoms with Crippen molar-refractivity contribution in [3.8, 4) is 11.8 Å². The van der Waals surface area contributed by atoms with Crippen molar-refractivity contribution in [2.24, 2.45) is 5.92 Å². The number of nitrogens with zero attached hydrogens (tertiary/aromatic N) is 2. The molecule has 0 spiro atoms. The van der Waals surface area contributed by atoms with Crippen molar-refractivity contribution in [2.45, 2.75) is 32.6 Å². The van der Waals surface area contributed by atoms with Crippen molar-refractivity contribution >= 4 is 0 Å². The largest absolute Gasteiger partial charge is 0.338 e. The predicted octanol–water partition coefficient (Wildman–Crippen LogP) is 1.95. The molecule has 0 aliphatic heterocycles. The Hall–Kier alpha value is -1.30. The molecular formula is C10H12N2O. The maximum Gasteiger partial charge on any atom is 0.246 e. The number of rotatable bonds is 1. The lowest BCUT2D eigenvalue weighted by Crippen LogP contribution is -1.82. The molecule has 3 nitrogen and oxygen atoms in total. The van der Waals surface area contributed by atoms with Crippen LogP contribution in [0, 0.1) is 17.8 Å². The molecule has 0 unspecified atom stereocenters. The van der Waals surface area contributed by atoms with Crippen molar-refractivity contribution in [1.82, 2.24) is 10.1 Å². The van der Waals surface area contributed by atoms with Crippen molar-refractivity contribution in [2.75, 3.05) is 0 Å². The van der Waals surface area contributed by atoms with Crippen molar-refractivity contribution in [3.05, 3.63) is 11.7 Å². The van der Waals surface area contributed by atoms with Gasteiger partial charge in [-0.1, -0.05) is 19.8 Å². The lowest BCUT2D eigenvalue weighted by atomic mass is 10.2. The Labute approximate surface area is 77.5 Å². The number of hydrogen-bond acceptors (Lipinski definition) is 3. The molecule has 1 aliphatic rings. The molecule has 0 N–H and O–H groups in total. The quantitative estimate of drug-likeness (QED) is 0.614. The highest BCUT2D eigenvalue weighted by Gasteiger charge is 2.29. The monoisotopic (exact) mass is 176 g/mol. The zero-order valence-electron chi connectivity index (χ0n) is 7.87. The number of aromatic nitrogens is 2. The maximum atomic E-state index is 5.06. The summed E-state index contributed by atoms with van der Waals surface area (Å²) in [5.74, 6) is 8.03. The van der Waals surface area contributed by atoms with Crippen LogP contribution in [0.5, 0.6) is 0 Å². The fourth-order valence-electron chi connectivity index (χ4n) is 0.991. The highest BCUT2D eigenvalue weighted by Crippen LogP contribution is 2.38. The van der Waals surface area contributed by atoms with Gasteiger partial charge in [0.25, 0.3) is 0 Å². The Morgan fingerprint density at radius 3 is 2.85 bits per heavy atom. The van der Waals surface area contributed by atoms with Crippen LogP contribution in [0.25, 0.3) is 0 Å². The van der Waals surface area contributed by atoms with Gasteiger partial charge in [0, 0.05) is 11.8 Å². The summed E-state index contributed by atoms with van der Waals surface area (Å²) >= 11 is 0. The topological polar surface area (TPSA) is 38.9 Å². The van der Waals surface area contributed by atoms with Crippen molar-refractivity contribution in [1.29, 1.82) is 0 Å². The molecule has 13 heavy (non-hydrogen) atoms. The number of hydrogen-bond donors (Lipinski definition) is 0. The lowest BCUT2D eigenvalue weighted by Gasteiger charge is -1.83. The molecule has 3 heteroatoms. The minimum atomic E-state index is 0.350. The van der Waals surface area contributed by atoms with Crippen LogP contribution in [0.2, 0.25) is 0 Å². The van der Waals surface area contributed by atoms with Gasteiger partial charge < -0.3 is 4.52 Å². The molecule has 68 valence electrons. The summed E-state index contributed by atoms with van der Waals surface area (Å²) in [6.07, 6.45) is 2.36. The summed E-state index contributed by atoms with van der Waals surface area (Å²) in [6, 6.07) is 0. The first-order chi connectivity index (χ1) is 6.25. The summed E-state index contributed by atoms with van der Waals surface area (Å²) in [5, 5.41) is 3.79. The summed E-state index contributed by atoms with van der Waals surface area (Å²) in [6.45, 7) is 4.07. The van der Waals surface area contributed by atoms with Crippen LogP contribution < -0.4 is 0 Å². The zero-order chi connectivity index (χ0) is 9.26. The van der Waals surface area contributed by atoms with Gasteiger partial charge in [0.1, 0.15) is 0 Å². The van der Waals surface area contributed by atoms with E-state index in [2.05, 4.69) is 22.0 Å². The van der Waals surface area contributed by atoms with Crippen LogP contribution in [0.15, 0.2) is 4.52 Å². The Balaban J connectivity index is 2.09. The molecule has 0 radical (unpaired) electrons. The van der Waals surface area contributed by atoms with Gasteiger partial charge in [0.15, 0.2) is 0 Å². The third-order valence-electron chi connectivity index (χ3n) is 1.84. The SMILES string of the molecule is CC(C)C#Cc1noc(C2CC2)n1. The van der Waals surface area contributed by atoms with Crippen molar-refractivity contribution in [3.63, 3.8) is 0 Å². The molecule has 0 amide bonds. The molecule has 1 aliphatic carbocycles. The third kappa shape index (κ3) is 2.09. The van der Waals surface area contributed by atoms with E-state index in [1.807, 2.05) is 13.8 Å². The molecule has 2 rings (SSSR count). The van der Waals surface area contributed by atoms with Gasteiger partial charge in [-0.15, -0.1) is 0 Å². The fourth-order valence-corrected chi connectivity index (χ4v) is 0.991. The van der Waals surface area contributed by atoms with E-state index in [9.17, 15) is 0 Å². The summed E-state index contributed by atoms with van der Waals surface area (Å²) in [5.41, 5.74) is 0. The molecular weight excluding hydrogens is 164 g/mol.